The molecule has 1 N–H and O–H groups in total. The molecule has 0 atom stereocenters. The van der Waals surface area contributed by atoms with Crippen molar-refractivity contribution in [3.8, 4) is 5.88 Å². The van der Waals surface area contributed by atoms with Crippen LogP contribution in [-0.2, 0) is 0 Å². The highest BCUT2D eigenvalue weighted by Gasteiger charge is 2.26. The van der Waals surface area contributed by atoms with Gasteiger partial charge in [-0.15, -0.1) is 0 Å². The first-order valence-corrected chi connectivity index (χ1v) is 6.27. The standard InChI is InChI=1S/C14H15N3O2/c1-19-14-11(4-2-8-15-14)16-13(18)12-5-3-9-17(12)10-6-7-10/h2-5,8-10H,6-7H2,1H3,(H,16,18). The smallest absolute Gasteiger partial charge is 0.272 e. The minimum absolute atomic E-state index is 0.136. The van der Waals surface area contributed by atoms with Crippen molar-refractivity contribution >= 4 is 11.6 Å². The molecular formula is C14H15N3O2. The van der Waals surface area contributed by atoms with Gasteiger partial charge in [0.25, 0.3) is 5.91 Å². The van der Waals surface area contributed by atoms with E-state index in [0.717, 1.165) is 12.8 Å². The minimum Gasteiger partial charge on any atom is -0.480 e. The third kappa shape index (κ3) is 2.31. The molecule has 2 aromatic rings. The summed E-state index contributed by atoms with van der Waals surface area (Å²) in [6, 6.07) is 7.74. The number of hydrogen-bond acceptors (Lipinski definition) is 3. The zero-order valence-electron chi connectivity index (χ0n) is 10.7. The summed E-state index contributed by atoms with van der Waals surface area (Å²) < 4.78 is 7.15. The highest BCUT2D eigenvalue weighted by molar-refractivity contribution is 6.03. The van der Waals surface area contributed by atoms with Crippen molar-refractivity contribution in [2.24, 2.45) is 0 Å². The molecule has 98 valence electrons. The first-order chi connectivity index (χ1) is 9.29. The molecule has 0 aromatic carbocycles. The monoisotopic (exact) mass is 257 g/mol. The molecule has 19 heavy (non-hydrogen) atoms. The van der Waals surface area contributed by atoms with Crippen LogP contribution in [0.15, 0.2) is 36.7 Å². The Bertz CT molecular complexity index is 602. The van der Waals surface area contributed by atoms with Gasteiger partial charge in [-0.2, -0.15) is 0 Å². The van der Waals surface area contributed by atoms with E-state index < -0.39 is 0 Å². The van der Waals surface area contributed by atoms with Crippen LogP contribution in [-0.4, -0.2) is 22.6 Å². The number of anilines is 1. The molecule has 1 saturated carbocycles. The predicted molar refractivity (Wildman–Crippen MR) is 71.4 cm³/mol. The number of rotatable bonds is 4. The van der Waals surface area contributed by atoms with Crippen LogP contribution in [0.25, 0.3) is 0 Å². The summed E-state index contributed by atoms with van der Waals surface area (Å²) in [7, 11) is 1.53. The van der Waals surface area contributed by atoms with Gasteiger partial charge in [0.1, 0.15) is 11.4 Å². The average molecular weight is 257 g/mol. The van der Waals surface area contributed by atoms with Gasteiger partial charge in [-0.1, -0.05) is 0 Å². The molecule has 5 nitrogen and oxygen atoms in total. The van der Waals surface area contributed by atoms with E-state index in [-0.39, 0.29) is 5.91 Å². The van der Waals surface area contributed by atoms with Crippen molar-refractivity contribution in [3.05, 3.63) is 42.4 Å². The summed E-state index contributed by atoms with van der Waals surface area (Å²) in [5.74, 6) is 0.281. The molecule has 3 rings (SSSR count). The van der Waals surface area contributed by atoms with Crippen LogP contribution in [0, 0.1) is 0 Å². The van der Waals surface area contributed by atoms with Crippen LogP contribution < -0.4 is 10.1 Å². The van der Waals surface area contributed by atoms with Crippen molar-refractivity contribution in [1.29, 1.82) is 0 Å². The number of nitrogens with zero attached hydrogens (tertiary/aromatic N) is 2. The van der Waals surface area contributed by atoms with Gasteiger partial charge in [0, 0.05) is 18.4 Å². The average Bonchev–Trinajstić information content (AvgIpc) is 3.16. The largest absolute Gasteiger partial charge is 0.480 e. The lowest BCUT2D eigenvalue weighted by Gasteiger charge is -2.10. The van der Waals surface area contributed by atoms with Gasteiger partial charge in [0.05, 0.1) is 7.11 Å². The quantitative estimate of drug-likeness (QED) is 0.915. The van der Waals surface area contributed by atoms with E-state index >= 15 is 0 Å². The molecule has 2 aromatic heterocycles. The summed E-state index contributed by atoms with van der Waals surface area (Å²) >= 11 is 0. The van der Waals surface area contributed by atoms with Gasteiger partial charge in [0.15, 0.2) is 0 Å². The van der Waals surface area contributed by atoms with E-state index in [0.29, 0.717) is 23.3 Å². The molecular weight excluding hydrogens is 242 g/mol. The number of carbonyl (C=O) groups excluding carboxylic acids is 1. The van der Waals surface area contributed by atoms with Gasteiger partial charge >= 0.3 is 0 Å². The number of pyridine rings is 1. The maximum atomic E-state index is 12.3. The molecule has 5 heteroatoms. The molecule has 1 aliphatic rings. The summed E-state index contributed by atoms with van der Waals surface area (Å²) in [6.45, 7) is 0. The van der Waals surface area contributed by atoms with E-state index in [2.05, 4.69) is 10.3 Å². The van der Waals surface area contributed by atoms with Gasteiger partial charge in [-0.25, -0.2) is 4.98 Å². The van der Waals surface area contributed by atoms with E-state index in [4.69, 9.17) is 4.74 Å². The second-order valence-corrected chi connectivity index (χ2v) is 4.55. The van der Waals surface area contributed by atoms with Crippen molar-refractivity contribution in [3.63, 3.8) is 0 Å². The van der Waals surface area contributed by atoms with Crippen molar-refractivity contribution < 1.29 is 9.53 Å². The second-order valence-electron chi connectivity index (χ2n) is 4.55. The van der Waals surface area contributed by atoms with Crippen molar-refractivity contribution in [2.45, 2.75) is 18.9 Å². The normalized spacial score (nSPS) is 14.2. The van der Waals surface area contributed by atoms with Crippen molar-refractivity contribution in [2.75, 3.05) is 12.4 Å². The molecule has 0 aliphatic heterocycles. The molecule has 0 radical (unpaired) electrons. The highest BCUT2D eigenvalue weighted by atomic mass is 16.5. The molecule has 0 saturated heterocycles. The van der Waals surface area contributed by atoms with Gasteiger partial charge in [-0.3, -0.25) is 4.79 Å². The van der Waals surface area contributed by atoms with Gasteiger partial charge in [-0.05, 0) is 37.1 Å². The maximum absolute atomic E-state index is 12.3. The Balaban J connectivity index is 1.82. The summed E-state index contributed by atoms with van der Waals surface area (Å²) in [6.07, 6.45) is 5.87. The summed E-state index contributed by atoms with van der Waals surface area (Å²) in [5, 5.41) is 2.84. The number of methoxy groups -OCH3 is 1. The first kappa shape index (κ1) is 11.8. The fraction of sp³-hybridized carbons (Fsp3) is 0.286. The van der Waals surface area contributed by atoms with Crippen LogP contribution >= 0.6 is 0 Å². The van der Waals surface area contributed by atoms with E-state index in [1.165, 1.54) is 7.11 Å². The van der Waals surface area contributed by atoms with Crippen LogP contribution in [0.2, 0.25) is 0 Å². The summed E-state index contributed by atoms with van der Waals surface area (Å²) in [5.41, 5.74) is 1.26. The fourth-order valence-electron chi connectivity index (χ4n) is 2.09. The Kier molecular flexibility index (Phi) is 2.95. The Hall–Kier alpha value is -2.30. The Morgan fingerprint density at radius 2 is 2.26 bits per heavy atom. The third-order valence-electron chi connectivity index (χ3n) is 3.16. The fourth-order valence-corrected chi connectivity index (χ4v) is 2.09. The topological polar surface area (TPSA) is 56.1 Å². The van der Waals surface area contributed by atoms with Crippen molar-refractivity contribution in [1.82, 2.24) is 9.55 Å². The molecule has 0 spiro atoms. The number of aromatic nitrogens is 2. The van der Waals surface area contributed by atoms with Crippen LogP contribution in [0.5, 0.6) is 5.88 Å². The number of hydrogen-bond donors (Lipinski definition) is 1. The van der Waals surface area contributed by atoms with Gasteiger partial charge in [0.2, 0.25) is 5.88 Å². The Morgan fingerprint density at radius 3 is 3.00 bits per heavy atom. The maximum Gasteiger partial charge on any atom is 0.272 e. The third-order valence-corrected chi connectivity index (χ3v) is 3.16. The number of nitrogens with one attached hydrogen (secondary N) is 1. The molecule has 0 unspecified atom stereocenters. The second kappa shape index (κ2) is 4.76. The zero-order chi connectivity index (χ0) is 13.2. The zero-order valence-corrected chi connectivity index (χ0v) is 10.7. The van der Waals surface area contributed by atoms with E-state index in [1.807, 2.05) is 22.9 Å². The number of ether oxygens (including phenoxy) is 1. The van der Waals surface area contributed by atoms with Crippen LogP contribution in [0.3, 0.4) is 0 Å². The lowest BCUT2D eigenvalue weighted by molar-refractivity contribution is 0.101. The minimum atomic E-state index is -0.136. The lowest BCUT2D eigenvalue weighted by Crippen LogP contribution is -2.17. The molecule has 1 fully saturated rings. The molecule has 2 heterocycles. The van der Waals surface area contributed by atoms with E-state index in [1.54, 1.807) is 18.3 Å². The Morgan fingerprint density at radius 1 is 1.42 bits per heavy atom. The number of carbonyl (C=O) groups is 1. The first-order valence-electron chi connectivity index (χ1n) is 6.27. The number of amides is 1. The van der Waals surface area contributed by atoms with Crippen LogP contribution in [0.1, 0.15) is 29.4 Å². The molecule has 1 aliphatic carbocycles. The molecule has 1 amide bonds. The van der Waals surface area contributed by atoms with E-state index in [9.17, 15) is 4.79 Å². The highest BCUT2D eigenvalue weighted by Crippen LogP contribution is 2.36. The molecule has 0 bridgehead atoms. The lowest BCUT2D eigenvalue weighted by atomic mass is 10.3. The van der Waals surface area contributed by atoms with Gasteiger partial charge < -0.3 is 14.6 Å². The Labute approximate surface area is 111 Å². The SMILES string of the molecule is COc1ncccc1NC(=O)c1cccn1C1CC1. The van der Waals surface area contributed by atoms with Crippen LogP contribution in [0.4, 0.5) is 5.69 Å². The predicted octanol–water partition coefficient (Wildman–Crippen LogP) is 2.48. The summed E-state index contributed by atoms with van der Waals surface area (Å²) in [4.78, 5) is 16.3.